The number of nitrogens with two attached hydrogens (primary N) is 1. The fraction of sp³-hybridized carbons (Fsp3) is 1.00. The van der Waals surface area contributed by atoms with Crippen LogP contribution in [0, 0.1) is 10.1 Å². The molecule has 0 unspecified atom stereocenters. The molecule has 0 atom stereocenters. The summed E-state index contributed by atoms with van der Waals surface area (Å²) in [6.07, 6.45) is 0.479. The van der Waals surface area contributed by atoms with Crippen molar-refractivity contribution >= 4 is 0 Å². The smallest absolute Gasteiger partial charge is 0.205 e. The Hall–Kier alpha value is -0.640. The summed E-state index contributed by atoms with van der Waals surface area (Å²) >= 11 is 0. The third-order valence-electron chi connectivity index (χ3n) is 0.545. The van der Waals surface area contributed by atoms with Crippen molar-refractivity contribution in [1.29, 1.82) is 0 Å². The van der Waals surface area contributed by atoms with E-state index in [1.165, 1.54) is 0 Å². The van der Waals surface area contributed by atoms with Crippen molar-refractivity contribution in [2.75, 3.05) is 13.1 Å². The van der Waals surface area contributed by atoms with Crippen molar-refractivity contribution in [2.24, 2.45) is 5.73 Å². The van der Waals surface area contributed by atoms with Crippen molar-refractivity contribution in [3.63, 3.8) is 0 Å². The van der Waals surface area contributed by atoms with Gasteiger partial charge in [-0.2, -0.15) is 0 Å². The summed E-state index contributed by atoms with van der Waals surface area (Å²) in [7, 11) is 0. The van der Waals surface area contributed by atoms with E-state index in [4.69, 9.17) is 5.73 Å². The van der Waals surface area contributed by atoms with Gasteiger partial charge >= 0.3 is 0 Å². The van der Waals surface area contributed by atoms with Crippen LogP contribution in [0.1, 0.15) is 6.42 Å². The van der Waals surface area contributed by atoms with Gasteiger partial charge in [0.25, 0.3) is 0 Å². The van der Waals surface area contributed by atoms with Crippen LogP contribution in [-0.4, -0.2) is 18.0 Å². The minimum atomic E-state index is -0.368. The van der Waals surface area contributed by atoms with Gasteiger partial charge in [0.05, 0.1) is 0 Å². The summed E-state index contributed by atoms with van der Waals surface area (Å²) in [5.74, 6) is 0. The molecular formula is C3H8N2O2. The van der Waals surface area contributed by atoms with E-state index >= 15 is 0 Å². The number of rotatable bonds is 3. The van der Waals surface area contributed by atoms with Crippen molar-refractivity contribution in [3.05, 3.63) is 10.1 Å². The van der Waals surface area contributed by atoms with Gasteiger partial charge in [0.1, 0.15) is 0 Å². The van der Waals surface area contributed by atoms with Gasteiger partial charge in [-0.05, 0) is 6.54 Å². The van der Waals surface area contributed by atoms with E-state index in [0.29, 0.717) is 13.0 Å². The van der Waals surface area contributed by atoms with Gasteiger partial charge < -0.3 is 5.73 Å². The lowest BCUT2D eigenvalue weighted by molar-refractivity contribution is -0.480. The minimum absolute atomic E-state index is 0.00347. The fourth-order valence-electron chi connectivity index (χ4n) is 0.220. The molecule has 4 nitrogen and oxygen atoms in total. The summed E-state index contributed by atoms with van der Waals surface area (Å²) in [5, 5.41) is 9.51. The number of hydrogen-bond acceptors (Lipinski definition) is 3. The molecule has 4 heteroatoms. The van der Waals surface area contributed by atoms with Crippen LogP contribution in [0.2, 0.25) is 0 Å². The topological polar surface area (TPSA) is 69.2 Å². The summed E-state index contributed by atoms with van der Waals surface area (Å²) in [6, 6.07) is 0. The van der Waals surface area contributed by atoms with Gasteiger partial charge in [0, 0.05) is 11.3 Å². The Kier molecular flexibility index (Phi) is 3.22. The van der Waals surface area contributed by atoms with Crippen LogP contribution in [-0.2, 0) is 0 Å². The lowest BCUT2D eigenvalue weighted by Gasteiger charge is -1.85. The molecule has 0 fully saturated rings. The van der Waals surface area contributed by atoms with Gasteiger partial charge in [-0.3, -0.25) is 10.1 Å². The monoisotopic (exact) mass is 104 g/mol. The Bertz CT molecular complexity index is 64.0. The van der Waals surface area contributed by atoms with E-state index in [-0.39, 0.29) is 11.5 Å². The molecule has 0 aromatic heterocycles. The molecular weight excluding hydrogens is 96.0 g/mol. The third-order valence-corrected chi connectivity index (χ3v) is 0.545. The zero-order valence-corrected chi connectivity index (χ0v) is 3.96. The molecule has 0 aliphatic heterocycles. The number of nitro groups is 1. The highest BCUT2D eigenvalue weighted by Crippen LogP contribution is 1.72. The summed E-state index contributed by atoms with van der Waals surface area (Å²) in [5.41, 5.74) is 4.97. The quantitative estimate of drug-likeness (QED) is 0.391. The van der Waals surface area contributed by atoms with Crippen LogP contribution >= 0.6 is 0 Å². The van der Waals surface area contributed by atoms with Crippen LogP contribution < -0.4 is 5.73 Å². The maximum absolute atomic E-state index is 9.51. The molecule has 0 aliphatic rings. The molecule has 0 saturated carbocycles. The van der Waals surface area contributed by atoms with Crippen LogP contribution in [0.4, 0.5) is 0 Å². The van der Waals surface area contributed by atoms with Gasteiger partial charge in [-0.1, -0.05) is 0 Å². The molecule has 0 heterocycles. The van der Waals surface area contributed by atoms with Crippen molar-refractivity contribution in [2.45, 2.75) is 6.42 Å². The van der Waals surface area contributed by atoms with Gasteiger partial charge in [0.2, 0.25) is 6.54 Å². The third kappa shape index (κ3) is 5.36. The highest BCUT2D eigenvalue weighted by molar-refractivity contribution is 4.31. The largest absolute Gasteiger partial charge is 0.330 e. The Morgan fingerprint density at radius 3 is 2.43 bits per heavy atom. The summed E-state index contributed by atoms with van der Waals surface area (Å²) < 4.78 is 0. The van der Waals surface area contributed by atoms with Gasteiger partial charge in [0.15, 0.2) is 0 Å². The van der Waals surface area contributed by atoms with Crippen molar-refractivity contribution in [1.82, 2.24) is 0 Å². The standard InChI is InChI=1S/C3H8N2O2/c4-2-1-3-5(6)7/h1-4H2. The molecule has 0 saturated heterocycles. The second-order valence-corrected chi connectivity index (χ2v) is 1.20. The van der Waals surface area contributed by atoms with Crippen LogP contribution in [0.3, 0.4) is 0 Å². The summed E-state index contributed by atoms with van der Waals surface area (Å²) in [6.45, 7) is 0.400. The lowest BCUT2D eigenvalue weighted by atomic mass is 10.4. The summed E-state index contributed by atoms with van der Waals surface area (Å²) in [4.78, 5) is 9.14. The first-order chi connectivity index (χ1) is 3.27. The van der Waals surface area contributed by atoms with Gasteiger partial charge in [-0.25, -0.2) is 0 Å². The van der Waals surface area contributed by atoms with E-state index in [0.717, 1.165) is 0 Å². The highest BCUT2D eigenvalue weighted by atomic mass is 16.6. The molecule has 0 aromatic carbocycles. The minimum Gasteiger partial charge on any atom is -0.330 e. The Morgan fingerprint density at radius 1 is 1.71 bits per heavy atom. The Labute approximate surface area is 41.5 Å². The second kappa shape index (κ2) is 3.55. The molecule has 2 N–H and O–H groups in total. The maximum Gasteiger partial charge on any atom is 0.205 e. The number of hydrogen-bond donors (Lipinski definition) is 1. The van der Waals surface area contributed by atoms with E-state index in [2.05, 4.69) is 0 Å². The molecule has 0 rings (SSSR count). The lowest BCUT2D eigenvalue weighted by Crippen LogP contribution is -2.07. The maximum atomic E-state index is 9.51. The van der Waals surface area contributed by atoms with Crippen molar-refractivity contribution in [3.8, 4) is 0 Å². The molecule has 42 valence electrons. The molecule has 0 bridgehead atoms. The van der Waals surface area contributed by atoms with Crippen LogP contribution in [0.25, 0.3) is 0 Å². The van der Waals surface area contributed by atoms with E-state index in [1.807, 2.05) is 0 Å². The van der Waals surface area contributed by atoms with E-state index < -0.39 is 0 Å². The molecule has 7 heavy (non-hydrogen) atoms. The second-order valence-electron chi connectivity index (χ2n) is 1.20. The Balaban J connectivity index is 2.82. The molecule has 0 aliphatic carbocycles. The highest BCUT2D eigenvalue weighted by Gasteiger charge is 1.90. The SMILES string of the molecule is NCCC[N+](=O)[O-]. The zero-order valence-electron chi connectivity index (χ0n) is 3.96. The average Bonchev–Trinajstić information content (AvgIpc) is 1.61. The van der Waals surface area contributed by atoms with E-state index in [9.17, 15) is 10.1 Å². The van der Waals surface area contributed by atoms with Gasteiger partial charge in [-0.15, -0.1) is 0 Å². The van der Waals surface area contributed by atoms with Crippen LogP contribution in [0.15, 0.2) is 0 Å². The Morgan fingerprint density at radius 2 is 2.29 bits per heavy atom. The normalized spacial score (nSPS) is 8.71. The first-order valence-corrected chi connectivity index (χ1v) is 2.09. The molecule has 0 radical (unpaired) electrons. The average molecular weight is 104 g/mol. The molecule has 0 spiro atoms. The zero-order chi connectivity index (χ0) is 5.70. The first-order valence-electron chi connectivity index (χ1n) is 2.09. The fourth-order valence-corrected chi connectivity index (χ4v) is 0.220. The molecule has 0 amide bonds. The predicted octanol–water partition coefficient (Wildman–Crippen LogP) is -0.388. The van der Waals surface area contributed by atoms with E-state index in [1.54, 1.807) is 0 Å². The van der Waals surface area contributed by atoms with Crippen LogP contribution in [0.5, 0.6) is 0 Å². The number of nitrogens with zero attached hydrogens (tertiary/aromatic N) is 1. The predicted molar refractivity (Wildman–Crippen MR) is 25.5 cm³/mol. The van der Waals surface area contributed by atoms with Crippen molar-refractivity contribution < 1.29 is 4.92 Å². The molecule has 0 aromatic rings. The first kappa shape index (κ1) is 6.36.